The van der Waals surface area contributed by atoms with E-state index in [4.69, 9.17) is 0 Å². The van der Waals surface area contributed by atoms with Crippen molar-refractivity contribution in [3.63, 3.8) is 0 Å². The molecule has 0 radical (unpaired) electrons. The molecule has 17 heavy (non-hydrogen) atoms. The molecule has 1 fully saturated rings. The average Bonchev–Trinajstić information content (AvgIpc) is 2.79. The van der Waals surface area contributed by atoms with Gasteiger partial charge in [0.25, 0.3) is 0 Å². The van der Waals surface area contributed by atoms with Gasteiger partial charge in [0.15, 0.2) is 0 Å². The molecule has 1 aliphatic rings. The summed E-state index contributed by atoms with van der Waals surface area (Å²) in [5.41, 5.74) is 1.81. The van der Waals surface area contributed by atoms with Gasteiger partial charge in [-0.05, 0) is 31.5 Å². The van der Waals surface area contributed by atoms with Crippen LogP contribution in [-0.2, 0) is 0 Å². The fourth-order valence-electron chi connectivity index (χ4n) is 3.03. The predicted octanol–water partition coefficient (Wildman–Crippen LogP) is 2.90. The van der Waals surface area contributed by atoms with Gasteiger partial charge >= 0.3 is 0 Å². The molecule has 1 saturated heterocycles. The van der Waals surface area contributed by atoms with Crippen molar-refractivity contribution in [2.24, 2.45) is 5.41 Å². The van der Waals surface area contributed by atoms with Crippen LogP contribution in [0.1, 0.15) is 26.2 Å². The third-order valence-electron chi connectivity index (χ3n) is 3.88. The van der Waals surface area contributed by atoms with Gasteiger partial charge in [0.1, 0.15) is 0 Å². The van der Waals surface area contributed by atoms with E-state index in [0.29, 0.717) is 5.41 Å². The molecule has 1 N–H and O–H groups in total. The molecule has 0 saturated carbocycles. The van der Waals surface area contributed by atoms with Crippen molar-refractivity contribution in [2.75, 3.05) is 31.6 Å². The van der Waals surface area contributed by atoms with Crippen LogP contribution in [-0.4, -0.2) is 26.7 Å². The minimum atomic E-state index is 0.485. The highest BCUT2D eigenvalue weighted by atomic mass is 15.1. The maximum atomic E-state index is 3.53. The zero-order chi connectivity index (χ0) is 12.1. The monoisotopic (exact) mass is 232 g/mol. The van der Waals surface area contributed by atoms with Crippen molar-refractivity contribution in [2.45, 2.75) is 26.2 Å². The lowest BCUT2D eigenvalue weighted by Gasteiger charge is -2.34. The molecule has 1 aromatic carbocycles. The van der Waals surface area contributed by atoms with Crippen molar-refractivity contribution in [1.29, 1.82) is 0 Å². The first-order chi connectivity index (χ1) is 8.26. The molecule has 2 nitrogen and oxygen atoms in total. The number of hydrogen-bond acceptors (Lipinski definition) is 2. The highest BCUT2D eigenvalue weighted by Crippen LogP contribution is 2.32. The topological polar surface area (TPSA) is 15.3 Å². The largest absolute Gasteiger partial charge is 0.374 e. The van der Waals surface area contributed by atoms with Crippen LogP contribution < -0.4 is 10.2 Å². The summed E-state index contributed by atoms with van der Waals surface area (Å²) in [7, 11) is 2.21. The van der Waals surface area contributed by atoms with E-state index in [1.165, 1.54) is 38.0 Å². The molecular formula is C15H24N2. The Labute approximate surface area is 105 Å². The normalized spacial score (nSPS) is 23.9. The van der Waals surface area contributed by atoms with Crippen LogP contribution in [0.25, 0.3) is 0 Å². The number of benzene rings is 1. The first-order valence-electron chi connectivity index (χ1n) is 6.73. The summed E-state index contributed by atoms with van der Waals surface area (Å²) in [4.78, 5) is 2.41. The summed E-state index contributed by atoms with van der Waals surface area (Å²) in [6.45, 7) is 5.82. The van der Waals surface area contributed by atoms with Gasteiger partial charge in [-0.25, -0.2) is 0 Å². The van der Waals surface area contributed by atoms with Gasteiger partial charge in [-0.2, -0.15) is 0 Å². The summed E-state index contributed by atoms with van der Waals surface area (Å²) >= 11 is 0. The number of para-hydroxylation sites is 1. The molecule has 0 amide bonds. The Bertz CT molecular complexity index is 328. The number of nitrogens with one attached hydrogen (secondary N) is 1. The molecule has 0 aromatic heterocycles. The zero-order valence-corrected chi connectivity index (χ0v) is 11.1. The molecular weight excluding hydrogens is 208 g/mol. The summed E-state index contributed by atoms with van der Waals surface area (Å²) in [6.07, 6.45) is 3.93. The van der Waals surface area contributed by atoms with Crippen molar-refractivity contribution in [1.82, 2.24) is 5.32 Å². The number of anilines is 1. The molecule has 1 atom stereocenters. The highest BCUT2D eigenvalue weighted by molar-refractivity contribution is 5.45. The van der Waals surface area contributed by atoms with Crippen LogP contribution in [0.5, 0.6) is 0 Å². The van der Waals surface area contributed by atoms with Crippen LogP contribution in [0.4, 0.5) is 5.69 Å². The second kappa shape index (κ2) is 5.54. The maximum absolute atomic E-state index is 3.53. The summed E-state index contributed by atoms with van der Waals surface area (Å²) in [5, 5.41) is 3.53. The van der Waals surface area contributed by atoms with Crippen LogP contribution in [0.2, 0.25) is 0 Å². The smallest absolute Gasteiger partial charge is 0.0363 e. The molecule has 1 aliphatic heterocycles. The Morgan fingerprint density at radius 1 is 1.29 bits per heavy atom. The third kappa shape index (κ3) is 3.01. The Morgan fingerprint density at radius 3 is 2.65 bits per heavy atom. The molecule has 1 heterocycles. The molecule has 2 rings (SSSR count). The minimum absolute atomic E-state index is 0.485. The summed E-state index contributed by atoms with van der Waals surface area (Å²) in [5.74, 6) is 0. The second-order valence-corrected chi connectivity index (χ2v) is 5.37. The van der Waals surface area contributed by atoms with Crippen molar-refractivity contribution >= 4 is 5.69 Å². The number of rotatable bonds is 5. The molecule has 2 heteroatoms. The Kier molecular flexibility index (Phi) is 4.06. The van der Waals surface area contributed by atoms with E-state index in [9.17, 15) is 0 Å². The van der Waals surface area contributed by atoms with Crippen molar-refractivity contribution in [3.8, 4) is 0 Å². The van der Waals surface area contributed by atoms with Crippen LogP contribution in [0.15, 0.2) is 30.3 Å². The van der Waals surface area contributed by atoms with E-state index < -0.39 is 0 Å². The number of hydrogen-bond donors (Lipinski definition) is 1. The van der Waals surface area contributed by atoms with E-state index in [-0.39, 0.29) is 0 Å². The summed E-state index contributed by atoms with van der Waals surface area (Å²) < 4.78 is 0. The minimum Gasteiger partial charge on any atom is -0.374 e. The summed E-state index contributed by atoms with van der Waals surface area (Å²) in [6, 6.07) is 10.7. The maximum Gasteiger partial charge on any atom is 0.0363 e. The molecule has 94 valence electrons. The van der Waals surface area contributed by atoms with Gasteiger partial charge < -0.3 is 10.2 Å². The third-order valence-corrected chi connectivity index (χ3v) is 3.88. The van der Waals surface area contributed by atoms with E-state index in [2.05, 4.69) is 54.5 Å². The van der Waals surface area contributed by atoms with Gasteiger partial charge in [-0.15, -0.1) is 0 Å². The lowest BCUT2D eigenvalue weighted by Crippen LogP contribution is -2.37. The quantitative estimate of drug-likeness (QED) is 0.839. The molecule has 0 bridgehead atoms. The van der Waals surface area contributed by atoms with Crippen LogP contribution in [0, 0.1) is 5.41 Å². The van der Waals surface area contributed by atoms with Gasteiger partial charge in [-0.3, -0.25) is 0 Å². The first kappa shape index (κ1) is 12.4. The van der Waals surface area contributed by atoms with Gasteiger partial charge in [-0.1, -0.05) is 31.5 Å². The SMILES string of the molecule is CCCC1(CN(C)c2ccccc2)CCNC1. The fraction of sp³-hybridized carbons (Fsp3) is 0.600. The van der Waals surface area contributed by atoms with Gasteiger partial charge in [0.2, 0.25) is 0 Å². The Morgan fingerprint density at radius 2 is 2.06 bits per heavy atom. The van der Waals surface area contributed by atoms with Gasteiger partial charge in [0, 0.05) is 31.2 Å². The second-order valence-electron chi connectivity index (χ2n) is 5.37. The first-order valence-corrected chi connectivity index (χ1v) is 6.73. The van der Waals surface area contributed by atoms with Crippen LogP contribution >= 0.6 is 0 Å². The average molecular weight is 232 g/mol. The van der Waals surface area contributed by atoms with Crippen LogP contribution in [0.3, 0.4) is 0 Å². The highest BCUT2D eigenvalue weighted by Gasteiger charge is 2.33. The van der Waals surface area contributed by atoms with E-state index >= 15 is 0 Å². The standard InChI is InChI=1S/C15H24N2/c1-3-9-15(10-11-16-12-15)13-17(2)14-7-5-4-6-8-14/h4-8,16H,3,9-13H2,1-2H3. The lowest BCUT2D eigenvalue weighted by atomic mass is 9.82. The molecule has 1 aromatic rings. The van der Waals surface area contributed by atoms with E-state index in [1.807, 2.05) is 0 Å². The molecule has 1 unspecified atom stereocenters. The fourth-order valence-corrected chi connectivity index (χ4v) is 3.03. The molecule has 0 aliphatic carbocycles. The van der Waals surface area contributed by atoms with Crippen molar-refractivity contribution in [3.05, 3.63) is 30.3 Å². The predicted molar refractivity (Wildman–Crippen MR) is 74.5 cm³/mol. The van der Waals surface area contributed by atoms with E-state index in [1.54, 1.807) is 0 Å². The Hall–Kier alpha value is -1.02. The number of nitrogens with zero attached hydrogens (tertiary/aromatic N) is 1. The van der Waals surface area contributed by atoms with Crippen molar-refractivity contribution < 1.29 is 0 Å². The van der Waals surface area contributed by atoms with E-state index in [0.717, 1.165) is 6.54 Å². The van der Waals surface area contributed by atoms with Gasteiger partial charge in [0.05, 0.1) is 0 Å². The Balaban J connectivity index is 2.03. The molecule has 0 spiro atoms. The lowest BCUT2D eigenvalue weighted by molar-refractivity contribution is 0.299. The zero-order valence-electron chi connectivity index (χ0n) is 11.1.